The summed E-state index contributed by atoms with van der Waals surface area (Å²) in [5.74, 6) is -3.62. The summed E-state index contributed by atoms with van der Waals surface area (Å²) in [6.45, 7) is 0.677. The summed E-state index contributed by atoms with van der Waals surface area (Å²) in [6.07, 6.45) is 0.431. The van der Waals surface area contributed by atoms with E-state index < -0.39 is 36.5 Å². The molecule has 0 saturated heterocycles. The molecule has 1 aromatic carbocycles. The molecule has 0 aliphatic rings. The van der Waals surface area contributed by atoms with Gasteiger partial charge in [-0.3, -0.25) is 14.4 Å². The summed E-state index contributed by atoms with van der Waals surface area (Å²) in [5, 5.41) is 26.6. The first-order valence-electron chi connectivity index (χ1n) is 8.09. The van der Waals surface area contributed by atoms with Crippen molar-refractivity contribution in [2.24, 2.45) is 5.73 Å². The van der Waals surface area contributed by atoms with E-state index in [0.717, 1.165) is 5.56 Å². The van der Waals surface area contributed by atoms with Gasteiger partial charge in [0, 0.05) is 6.54 Å². The van der Waals surface area contributed by atoms with Crippen molar-refractivity contribution in [3.63, 3.8) is 0 Å². The van der Waals surface area contributed by atoms with Crippen molar-refractivity contribution in [3.05, 3.63) is 35.9 Å². The quantitative estimate of drug-likeness (QED) is 0.291. The number of carboxylic acid groups (broad SMARTS) is 3. The number of carboxylic acids is 3. The third kappa shape index (κ3) is 14.9. The summed E-state index contributed by atoms with van der Waals surface area (Å²) >= 11 is 0. The SMILES string of the molecule is N[C@@H](CCCCNC(=O)OCc1ccccc1)C(=O)O.O=C(O)CC(=O)O. The zero-order valence-corrected chi connectivity index (χ0v) is 14.7. The molecule has 1 atom stereocenters. The average molecular weight is 384 g/mol. The molecule has 0 radical (unpaired) electrons. The molecule has 27 heavy (non-hydrogen) atoms. The second kappa shape index (κ2) is 14.1. The Morgan fingerprint density at radius 3 is 2.07 bits per heavy atom. The second-order valence-electron chi connectivity index (χ2n) is 5.39. The van der Waals surface area contributed by atoms with Crippen LogP contribution in [0.3, 0.4) is 0 Å². The van der Waals surface area contributed by atoms with Crippen molar-refractivity contribution in [1.29, 1.82) is 0 Å². The molecule has 0 heterocycles. The number of carbonyl (C=O) groups is 4. The van der Waals surface area contributed by atoms with E-state index in [9.17, 15) is 19.2 Å². The number of carbonyl (C=O) groups excluding carboxylic acids is 1. The van der Waals surface area contributed by atoms with E-state index in [0.29, 0.717) is 25.8 Å². The van der Waals surface area contributed by atoms with Crippen LogP contribution in [0, 0.1) is 0 Å². The maximum atomic E-state index is 11.4. The summed E-state index contributed by atoms with van der Waals surface area (Å²) < 4.78 is 5.03. The smallest absolute Gasteiger partial charge is 0.407 e. The Morgan fingerprint density at radius 2 is 1.59 bits per heavy atom. The normalized spacial score (nSPS) is 10.7. The molecule has 6 N–H and O–H groups in total. The lowest BCUT2D eigenvalue weighted by Crippen LogP contribution is -2.30. The number of nitrogens with two attached hydrogens (primary N) is 1. The van der Waals surface area contributed by atoms with Crippen LogP contribution in [0.25, 0.3) is 0 Å². The van der Waals surface area contributed by atoms with Crippen molar-refractivity contribution < 1.29 is 39.2 Å². The third-order valence-corrected chi connectivity index (χ3v) is 3.04. The van der Waals surface area contributed by atoms with Gasteiger partial charge in [0.05, 0.1) is 0 Å². The lowest BCUT2D eigenvalue weighted by atomic mass is 10.1. The van der Waals surface area contributed by atoms with Crippen LogP contribution in [0.15, 0.2) is 30.3 Å². The van der Waals surface area contributed by atoms with Gasteiger partial charge >= 0.3 is 24.0 Å². The highest BCUT2D eigenvalue weighted by atomic mass is 16.5. The van der Waals surface area contributed by atoms with Gasteiger partial charge in [0.15, 0.2) is 0 Å². The molecule has 1 amide bonds. The second-order valence-corrected chi connectivity index (χ2v) is 5.39. The lowest BCUT2D eigenvalue weighted by molar-refractivity contribution is -0.147. The topological polar surface area (TPSA) is 176 Å². The number of hydrogen-bond donors (Lipinski definition) is 5. The Balaban J connectivity index is 0.000000821. The first-order valence-corrected chi connectivity index (χ1v) is 8.09. The minimum Gasteiger partial charge on any atom is -0.481 e. The third-order valence-electron chi connectivity index (χ3n) is 3.04. The molecule has 1 aromatic rings. The molecule has 0 spiro atoms. The molecular weight excluding hydrogens is 360 g/mol. The minimum absolute atomic E-state index is 0.233. The first kappa shape index (κ1) is 23.9. The molecule has 0 saturated carbocycles. The largest absolute Gasteiger partial charge is 0.481 e. The molecule has 1 rings (SSSR count). The van der Waals surface area contributed by atoms with E-state index in [-0.39, 0.29) is 6.61 Å². The Bertz CT molecular complexity index is 594. The van der Waals surface area contributed by atoms with Gasteiger partial charge in [0.1, 0.15) is 19.1 Å². The number of rotatable bonds is 10. The van der Waals surface area contributed by atoms with Crippen molar-refractivity contribution >= 4 is 24.0 Å². The van der Waals surface area contributed by atoms with Crippen molar-refractivity contribution in [3.8, 4) is 0 Å². The maximum Gasteiger partial charge on any atom is 0.407 e. The monoisotopic (exact) mass is 384 g/mol. The fourth-order valence-corrected chi connectivity index (χ4v) is 1.71. The molecule has 150 valence electrons. The van der Waals surface area contributed by atoms with Crippen LogP contribution in [-0.2, 0) is 25.7 Å². The number of nitrogens with one attached hydrogen (secondary N) is 1. The summed E-state index contributed by atoms with van der Waals surface area (Å²) in [7, 11) is 0. The van der Waals surface area contributed by atoms with Crippen LogP contribution in [0.4, 0.5) is 4.79 Å². The van der Waals surface area contributed by atoms with E-state index in [1.54, 1.807) is 0 Å². The van der Waals surface area contributed by atoms with Crippen molar-refractivity contribution in [2.75, 3.05) is 6.54 Å². The highest BCUT2D eigenvalue weighted by Crippen LogP contribution is 2.01. The van der Waals surface area contributed by atoms with Gasteiger partial charge in [-0.1, -0.05) is 30.3 Å². The van der Waals surface area contributed by atoms with E-state index in [2.05, 4.69) is 5.32 Å². The number of benzene rings is 1. The zero-order valence-electron chi connectivity index (χ0n) is 14.7. The molecule has 0 bridgehead atoms. The van der Waals surface area contributed by atoms with Crippen LogP contribution in [0.1, 0.15) is 31.2 Å². The average Bonchev–Trinajstić information content (AvgIpc) is 2.59. The zero-order chi connectivity index (χ0) is 20.7. The predicted octanol–water partition coefficient (Wildman–Crippen LogP) is 1.04. The molecule has 0 aromatic heterocycles. The lowest BCUT2D eigenvalue weighted by Gasteiger charge is -2.08. The van der Waals surface area contributed by atoms with Gasteiger partial charge in [-0.15, -0.1) is 0 Å². The number of aliphatic carboxylic acids is 3. The first-order chi connectivity index (χ1) is 12.7. The highest BCUT2D eigenvalue weighted by Gasteiger charge is 2.10. The van der Waals surface area contributed by atoms with Crippen LogP contribution in [-0.4, -0.2) is 51.9 Å². The van der Waals surface area contributed by atoms with Crippen LogP contribution in [0.2, 0.25) is 0 Å². The van der Waals surface area contributed by atoms with Crippen molar-refractivity contribution in [1.82, 2.24) is 5.32 Å². The van der Waals surface area contributed by atoms with Gasteiger partial charge in [-0.25, -0.2) is 4.79 Å². The van der Waals surface area contributed by atoms with Crippen LogP contribution >= 0.6 is 0 Å². The van der Waals surface area contributed by atoms with Gasteiger partial charge in [0.2, 0.25) is 0 Å². The molecule has 10 nitrogen and oxygen atoms in total. The molecule has 0 aliphatic carbocycles. The highest BCUT2D eigenvalue weighted by molar-refractivity contribution is 5.88. The molecular formula is C17H24N2O8. The van der Waals surface area contributed by atoms with Gasteiger partial charge < -0.3 is 31.1 Å². The fraction of sp³-hybridized carbons (Fsp3) is 0.412. The summed E-state index contributed by atoms with van der Waals surface area (Å²) in [5.41, 5.74) is 6.29. The van der Waals surface area contributed by atoms with Gasteiger partial charge in [-0.2, -0.15) is 0 Å². The van der Waals surface area contributed by atoms with E-state index >= 15 is 0 Å². The Kier molecular flexibility index (Phi) is 12.4. The Morgan fingerprint density at radius 1 is 1.00 bits per heavy atom. The van der Waals surface area contributed by atoms with E-state index in [4.69, 9.17) is 25.8 Å². The molecule has 10 heteroatoms. The van der Waals surface area contributed by atoms with Crippen LogP contribution < -0.4 is 11.1 Å². The number of hydrogen-bond acceptors (Lipinski definition) is 6. The maximum absolute atomic E-state index is 11.4. The Hall–Kier alpha value is -3.14. The molecule has 0 fully saturated rings. The van der Waals surface area contributed by atoms with Gasteiger partial charge in [-0.05, 0) is 24.8 Å². The standard InChI is InChI=1S/C14H20N2O4.C3H4O4/c15-12(13(17)18)8-4-5-9-16-14(19)20-10-11-6-2-1-3-7-11;4-2(5)1-3(6)7/h1-3,6-7,12H,4-5,8-10,15H2,(H,16,19)(H,17,18);1H2,(H,4,5)(H,6,7)/t12-;/m0./s1. The van der Waals surface area contributed by atoms with Gasteiger partial charge in [0.25, 0.3) is 0 Å². The number of ether oxygens (including phenoxy) is 1. The molecule has 0 unspecified atom stereocenters. The number of unbranched alkanes of at least 4 members (excludes halogenated alkanes) is 1. The fourth-order valence-electron chi connectivity index (χ4n) is 1.71. The van der Waals surface area contributed by atoms with E-state index in [1.807, 2.05) is 30.3 Å². The van der Waals surface area contributed by atoms with E-state index in [1.165, 1.54) is 0 Å². The van der Waals surface area contributed by atoms with Crippen LogP contribution in [0.5, 0.6) is 0 Å². The minimum atomic E-state index is -1.31. The predicted molar refractivity (Wildman–Crippen MR) is 94.0 cm³/mol. The number of amides is 1. The summed E-state index contributed by atoms with van der Waals surface area (Å²) in [6, 6.07) is 8.57. The summed E-state index contributed by atoms with van der Waals surface area (Å²) in [4.78, 5) is 40.7. The Labute approximate surface area is 155 Å². The number of alkyl carbamates (subject to hydrolysis) is 1. The molecule has 0 aliphatic heterocycles. The van der Waals surface area contributed by atoms with Crippen molar-refractivity contribution in [2.45, 2.75) is 38.3 Å².